The number of thioether (sulfide) groups is 1. The lowest BCUT2D eigenvalue weighted by Gasteiger charge is -2.25. The minimum Gasteiger partial charge on any atom is -0.496 e. The number of aldehydes is 1. The smallest absolute Gasteiger partial charge is 0.233 e. The number of aromatic nitrogens is 2. The third-order valence-electron chi connectivity index (χ3n) is 9.41. The molecule has 0 spiro atoms. The molecule has 16 heteroatoms. The monoisotopic (exact) mass is 804 g/mol. The standard InChI is InChI=1S/C40H69N9O6S/c1-5-7-8-14-44-38-37-34(46-40(42)47-38)13-18-49(37)28-32-12-11-31(26-35(32)52-4)27-48(19-15-43-3)17-9-10-20-53-22-24-55-25-23-54-21-16-45-39(51)36(6-2)56-30-33(41)29-50/h11-12,26,29,33,36,43H,5-10,13-25,27-28,30,41H2,1-4H3,(H,45,51)(H3,42,44,46,47). The summed E-state index contributed by atoms with van der Waals surface area (Å²) in [5.74, 6) is 2.40. The maximum absolute atomic E-state index is 12.3. The number of nitrogen functional groups attached to an aromatic ring is 1. The van der Waals surface area contributed by atoms with Crippen LogP contribution in [0.5, 0.6) is 5.75 Å². The molecule has 0 bridgehead atoms. The molecule has 316 valence electrons. The molecular weight excluding hydrogens is 735 g/mol. The van der Waals surface area contributed by atoms with Crippen LogP contribution in [0.3, 0.4) is 0 Å². The van der Waals surface area contributed by atoms with E-state index in [1.807, 2.05) is 14.0 Å². The van der Waals surface area contributed by atoms with Gasteiger partial charge in [-0.2, -0.15) is 4.98 Å². The second-order valence-corrected chi connectivity index (χ2v) is 15.2. The van der Waals surface area contributed by atoms with Gasteiger partial charge in [0.05, 0.1) is 57.1 Å². The van der Waals surface area contributed by atoms with Crippen molar-refractivity contribution >= 4 is 41.4 Å². The van der Waals surface area contributed by atoms with Crippen LogP contribution in [0.2, 0.25) is 0 Å². The Morgan fingerprint density at radius 3 is 2.48 bits per heavy atom. The summed E-state index contributed by atoms with van der Waals surface area (Å²) in [4.78, 5) is 36.9. The molecule has 1 amide bonds. The fourth-order valence-corrected chi connectivity index (χ4v) is 7.36. The molecule has 0 saturated heterocycles. The van der Waals surface area contributed by atoms with Crippen molar-refractivity contribution in [2.24, 2.45) is 5.73 Å². The van der Waals surface area contributed by atoms with Gasteiger partial charge in [0.2, 0.25) is 11.9 Å². The van der Waals surface area contributed by atoms with Gasteiger partial charge in [0, 0.05) is 70.2 Å². The number of nitrogens with zero attached hydrogens (tertiary/aromatic N) is 4. The van der Waals surface area contributed by atoms with Gasteiger partial charge in [-0.3, -0.25) is 9.69 Å². The number of rotatable bonds is 33. The summed E-state index contributed by atoms with van der Waals surface area (Å²) in [6, 6.07) is 6.04. The predicted octanol–water partition coefficient (Wildman–Crippen LogP) is 3.24. The lowest BCUT2D eigenvalue weighted by atomic mass is 10.1. The van der Waals surface area contributed by atoms with Gasteiger partial charge in [-0.25, -0.2) is 4.98 Å². The van der Waals surface area contributed by atoms with Crippen molar-refractivity contribution in [3.8, 4) is 5.75 Å². The average molecular weight is 804 g/mol. The fraction of sp³-hybridized carbons (Fsp3) is 0.700. The van der Waals surface area contributed by atoms with Crippen molar-refractivity contribution in [2.45, 2.75) is 83.2 Å². The Kier molecular flexibility index (Phi) is 23.7. The normalized spacial score (nSPS) is 13.5. The number of hydrogen-bond acceptors (Lipinski definition) is 15. The lowest BCUT2D eigenvalue weighted by molar-refractivity contribution is -0.120. The molecule has 1 aliphatic heterocycles. The van der Waals surface area contributed by atoms with Crippen molar-refractivity contribution in [1.82, 2.24) is 25.5 Å². The summed E-state index contributed by atoms with van der Waals surface area (Å²) in [5, 5.41) is 9.45. The number of nitrogens with two attached hydrogens (primary N) is 2. The van der Waals surface area contributed by atoms with Crippen LogP contribution in [0.4, 0.5) is 17.5 Å². The molecule has 1 aliphatic rings. The van der Waals surface area contributed by atoms with Crippen molar-refractivity contribution in [2.75, 3.05) is 115 Å². The number of carbonyl (C=O) groups excluding carboxylic acids is 2. The molecule has 2 atom stereocenters. The van der Waals surface area contributed by atoms with Crippen LogP contribution < -0.4 is 37.1 Å². The second kappa shape index (κ2) is 28.2. The van der Waals surface area contributed by atoms with Crippen LogP contribution in [-0.4, -0.2) is 137 Å². The Morgan fingerprint density at radius 1 is 1.00 bits per heavy atom. The lowest BCUT2D eigenvalue weighted by Crippen LogP contribution is -2.36. The highest BCUT2D eigenvalue weighted by Gasteiger charge is 2.27. The van der Waals surface area contributed by atoms with Crippen molar-refractivity contribution in [3.63, 3.8) is 0 Å². The largest absolute Gasteiger partial charge is 0.496 e. The topological polar surface area (TPSA) is 191 Å². The number of unbranched alkanes of at least 4 members (excludes halogenated alkanes) is 3. The fourth-order valence-electron chi connectivity index (χ4n) is 6.35. The summed E-state index contributed by atoms with van der Waals surface area (Å²) in [7, 11) is 3.73. The number of fused-ring (bicyclic) bond motifs is 1. The summed E-state index contributed by atoms with van der Waals surface area (Å²) in [5.41, 5.74) is 16.1. The second-order valence-electron chi connectivity index (χ2n) is 13.9. The van der Waals surface area contributed by atoms with Crippen LogP contribution in [0.25, 0.3) is 0 Å². The number of nitrogens with one attached hydrogen (secondary N) is 3. The van der Waals surface area contributed by atoms with E-state index in [9.17, 15) is 9.59 Å². The molecule has 0 saturated carbocycles. The number of hydrogen-bond donors (Lipinski definition) is 5. The van der Waals surface area contributed by atoms with Crippen molar-refractivity contribution in [1.29, 1.82) is 0 Å². The molecule has 1 aromatic heterocycles. The SMILES string of the molecule is CCCCCNc1nc(N)nc2c1N(Cc1ccc(CN(CCCCOCCOCCOCCNC(=O)C(CC)SCC(N)C=O)CCNC)cc1OC)CC2. The Bertz CT molecular complexity index is 1410. The molecule has 2 unspecified atom stereocenters. The highest BCUT2D eigenvalue weighted by molar-refractivity contribution is 8.00. The van der Waals surface area contributed by atoms with Crippen LogP contribution in [0.1, 0.15) is 69.2 Å². The third kappa shape index (κ3) is 17.5. The molecule has 0 radical (unpaired) electrons. The zero-order valence-corrected chi connectivity index (χ0v) is 35.1. The van der Waals surface area contributed by atoms with Crippen molar-refractivity contribution < 1.29 is 28.5 Å². The first kappa shape index (κ1) is 47.1. The summed E-state index contributed by atoms with van der Waals surface area (Å²) < 4.78 is 22.9. The molecule has 2 aromatic rings. The zero-order chi connectivity index (χ0) is 40.4. The number of carbonyl (C=O) groups is 2. The van der Waals surface area contributed by atoms with E-state index in [2.05, 4.69) is 60.8 Å². The minimum absolute atomic E-state index is 0.0621. The number of amides is 1. The van der Waals surface area contributed by atoms with E-state index in [0.29, 0.717) is 77.1 Å². The number of likely N-dealkylation sites (N-methyl/N-ethyl adjacent to an activating group) is 1. The Labute approximate surface area is 339 Å². The Balaban J connectivity index is 1.32. The maximum atomic E-state index is 12.3. The predicted molar refractivity (Wildman–Crippen MR) is 227 cm³/mol. The molecule has 7 N–H and O–H groups in total. The van der Waals surface area contributed by atoms with E-state index in [-0.39, 0.29) is 11.2 Å². The summed E-state index contributed by atoms with van der Waals surface area (Å²) >= 11 is 1.40. The van der Waals surface area contributed by atoms with Gasteiger partial charge in [-0.15, -0.1) is 11.8 Å². The molecular formula is C40H69N9O6S. The first-order valence-corrected chi connectivity index (χ1v) is 21.4. The van der Waals surface area contributed by atoms with E-state index in [0.717, 1.165) is 93.5 Å². The first-order chi connectivity index (χ1) is 27.3. The number of anilines is 3. The van der Waals surface area contributed by atoms with Gasteiger partial charge < -0.3 is 56.1 Å². The average Bonchev–Trinajstić information content (AvgIpc) is 3.60. The maximum Gasteiger partial charge on any atom is 0.233 e. The highest BCUT2D eigenvalue weighted by Crippen LogP contribution is 2.36. The van der Waals surface area contributed by atoms with Crippen LogP contribution in [0.15, 0.2) is 18.2 Å². The van der Waals surface area contributed by atoms with E-state index in [4.69, 9.17) is 30.4 Å². The van der Waals surface area contributed by atoms with Gasteiger partial charge in [-0.05, 0) is 50.9 Å². The van der Waals surface area contributed by atoms with Crippen LogP contribution >= 0.6 is 11.8 Å². The summed E-state index contributed by atoms with van der Waals surface area (Å²) in [6.07, 6.45) is 7.65. The van der Waals surface area contributed by atoms with Crippen LogP contribution in [-0.2, 0) is 43.3 Å². The molecule has 2 heterocycles. The van der Waals surface area contributed by atoms with E-state index < -0.39 is 6.04 Å². The third-order valence-corrected chi connectivity index (χ3v) is 10.9. The molecule has 15 nitrogen and oxygen atoms in total. The zero-order valence-electron chi connectivity index (χ0n) is 34.3. The molecule has 0 fully saturated rings. The molecule has 3 rings (SSSR count). The van der Waals surface area contributed by atoms with Crippen LogP contribution in [0, 0.1) is 0 Å². The molecule has 56 heavy (non-hydrogen) atoms. The number of methoxy groups -OCH3 is 1. The number of benzene rings is 1. The van der Waals surface area contributed by atoms with Crippen molar-refractivity contribution in [3.05, 3.63) is 35.0 Å². The number of ether oxygens (including phenoxy) is 4. The van der Waals surface area contributed by atoms with Gasteiger partial charge in [-0.1, -0.05) is 38.8 Å². The molecule has 0 aliphatic carbocycles. The van der Waals surface area contributed by atoms with Gasteiger partial charge in [0.1, 0.15) is 17.7 Å². The van der Waals surface area contributed by atoms with E-state index >= 15 is 0 Å². The Morgan fingerprint density at radius 2 is 1.77 bits per heavy atom. The summed E-state index contributed by atoms with van der Waals surface area (Å²) in [6.45, 7) is 13.7. The highest BCUT2D eigenvalue weighted by atomic mass is 32.2. The minimum atomic E-state index is -0.548. The first-order valence-electron chi connectivity index (χ1n) is 20.3. The van der Waals surface area contributed by atoms with E-state index in [1.54, 1.807) is 7.11 Å². The molecule has 1 aromatic carbocycles. The van der Waals surface area contributed by atoms with Gasteiger partial charge >= 0.3 is 0 Å². The van der Waals surface area contributed by atoms with E-state index in [1.165, 1.54) is 30.2 Å². The van der Waals surface area contributed by atoms with Gasteiger partial charge in [0.15, 0.2) is 5.82 Å². The quantitative estimate of drug-likeness (QED) is 0.0522. The van der Waals surface area contributed by atoms with Gasteiger partial charge in [0.25, 0.3) is 0 Å². The Hall–Kier alpha value is -3.25.